The molecule has 0 atom stereocenters. The van der Waals surface area contributed by atoms with Crippen molar-refractivity contribution in [2.24, 2.45) is 10.7 Å². The third-order valence-electron chi connectivity index (χ3n) is 4.86. The predicted octanol–water partition coefficient (Wildman–Crippen LogP) is 2.89. The molecular weight excluding hydrogens is 413 g/mol. The molecule has 1 aromatic carbocycles. The number of nitrogens with two attached hydrogens (primary N) is 1. The van der Waals surface area contributed by atoms with E-state index in [2.05, 4.69) is 38.8 Å². The average Bonchev–Trinajstić information content (AvgIpc) is 3.22. The van der Waals surface area contributed by atoms with E-state index < -0.39 is 0 Å². The van der Waals surface area contributed by atoms with E-state index in [0.29, 0.717) is 18.5 Å². The first kappa shape index (κ1) is 17.3. The van der Waals surface area contributed by atoms with Crippen LogP contribution in [0.2, 0.25) is 0 Å². The van der Waals surface area contributed by atoms with Crippen LogP contribution in [0.15, 0.2) is 35.3 Å². The van der Waals surface area contributed by atoms with Gasteiger partial charge in [0.1, 0.15) is 0 Å². The standard InChI is InChI=1S/C18H23N5.HI/c1-22(13-10-11-13)18(19)20-12-16-15-8-5-9-17(15)23(21-16)14-6-3-2-4-7-14;/h2-4,6-7,13H,5,8-12H2,1H3,(H2,19,20);1H. The summed E-state index contributed by atoms with van der Waals surface area (Å²) in [5.74, 6) is 0.633. The molecule has 4 rings (SSSR count). The van der Waals surface area contributed by atoms with Crippen molar-refractivity contribution < 1.29 is 0 Å². The number of nitrogens with zero attached hydrogens (tertiary/aromatic N) is 4. The number of aromatic nitrogens is 2. The van der Waals surface area contributed by atoms with Gasteiger partial charge in [-0.15, -0.1) is 24.0 Å². The summed E-state index contributed by atoms with van der Waals surface area (Å²) in [6.45, 7) is 0.574. The van der Waals surface area contributed by atoms with Crippen LogP contribution >= 0.6 is 24.0 Å². The lowest BCUT2D eigenvalue weighted by Gasteiger charge is -2.16. The molecule has 0 aliphatic heterocycles. The number of fused-ring (bicyclic) bond motifs is 1. The van der Waals surface area contributed by atoms with Crippen LogP contribution in [0.5, 0.6) is 0 Å². The van der Waals surface area contributed by atoms with Crippen molar-refractivity contribution in [1.82, 2.24) is 14.7 Å². The summed E-state index contributed by atoms with van der Waals surface area (Å²) < 4.78 is 2.09. The molecule has 0 radical (unpaired) electrons. The van der Waals surface area contributed by atoms with E-state index >= 15 is 0 Å². The van der Waals surface area contributed by atoms with E-state index in [1.54, 1.807) is 0 Å². The number of guanidine groups is 1. The van der Waals surface area contributed by atoms with E-state index in [1.165, 1.54) is 30.5 Å². The quantitative estimate of drug-likeness (QED) is 0.455. The highest BCUT2D eigenvalue weighted by molar-refractivity contribution is 14.0. The maximum absolute atomic E-state index is 6.11. The highest BCUT2D eigenvalue weighted by atomic mass is 127. The average molecular weight is 437 g/mol. The number of halogens is 1. The van der Waals surface area contributed by atoms with Crippen LogP contribution in [0, 0.1) is 0 Å². The van der Waals surface area contributed by atoms with Gasteiger partial charge in [0, 0.05) is 18.8 Å². The molecule has 1 fully saturated rings. The van der Waals surface area contributed by atoms with Gasteiger partial charge in [-0.1, -0.05) is 18.2 Å². The van der Waals surface area contributed by atoms with Crippen molar-refractivity contribution in [1.29, 1.82) is 0 Å². The predicted molar refractivity (Wildman–Crippen MR) is 107 cm³/mol. The molecule has 0 unspecified atom stereocenters. The molecule has 2 aromatic rings. The molecule has 128 valence electrons. The van der Waals surface area contributed by atoms with Crippen molar-refractivity contribution in [3.8, 4) is 5.69 Å². The molecular formula is C18H24IN5. The summed E-state index contributed by atoms with van der Waals surface area (Å²) in [5, 5.41) is 4.83. The van der Waals surface area contributed by atoms with Gasteiger partial charge in [0.05, 0.1) is 17.9 Å². The Balaban J connectivity index is 0.00000169. The molecule has 5 nitrogen and oxygen atoms in total. The second kappa shape index (κ2) is 7.13. The molecule has 0 amide bonds. The molecule has 2 N–H and O–H groups in total. The van der Waals surface area contributed by atoms with Crippen LogP contribution < -0.4 is 5.73 Å². The van der Waals surface area contributed by atoms with E-state index in [9.17, 15) is 0 Å². The zero-order valence-corrected chi connectivity index (χ0v) is 16.3. The lowest BCUT2D eigenvalue weighted by atomic mass is 10.2. The summed E-state index contributed by atoms with van der Waals surface area (Å²) in [6, 6.07) is 10.9. The zero-order chi connectivity index (χ0) is 15.8. The minimum Gasteiger partial charge on any atom is -0.370 e. The molecule has 2 aliphatic rings. The maximum atomic E-state index is 6.11. The van der Waals surface area contributed by atoms with Crippen molar-refractivity contribution in [3.05, 3.63) is 47.3 Å². The fourth-order valence-corrected chi connectivity index (χ4v) is 3.34. The topological polar surface area (TPSA) is 59.4 Å². The Labute approximate surface area is 160 Å². The van der Waals surface area contributed by atoms with E-state index in [4.69, 9.17) is 10.8 Å². The van der Waals surface area contributed by atoms with Crippen molar-refractivity contribution in [2.75, 3.05) is 7.05 Å². The Morgan fingerprint density at radius 2 is 2.04 bits per heavy atom. The van der Waals surface area contributed by atoms with Gasteiger partial charge in [-0.3, -0.25) is 0 Å². The van der Waals surface area contributed by atoms with Crippen LogP contribution in [0.3, 0.4) is 0 Å². The summed E-state index contributed by atoms with van der Waals surface area (Å²) in [6.07, 6.45) is 5.85. The smallest absolute Gasteiger partial charge is 0.191 e. The first-order valence-electron chi connectivity index (χ1n) is 8.42. The summed E-state index contributed by atoms with van der Waals surface area (Å²) in [4.78, 5) is 6.68. The second-order valence-electron chi connectivity index (χ2n) is 6.49. The first-order chi connectivity index (χ1) is 11.2. The minimum absolute atomic E-state index is 0. The van der Waals surface area contributed by atoms with Gasteiger partial charge in [0.15, 0.2) is 5.96 Å². The monoisotopic (exact) mass is 437 g/mol. The molecule has 1 aromatic heterocycles. The normalized spacial score (nSPS) is 16.6. The number of para-hydroxylation sites is 1. The number of aliphatic imine (C=N–C) groups is 1. The second-order valence-corrected chi connectivity index (χ2v) is 6.49. The van der Waals surface area contributed by atoms with Crippen molar-refractivity contribution in [3.63, 3.8) is 0 Å². The SMILES string of the molecule is CN(C(N)=NCc1nn(-c2ccccc2)c2c1CCC2)C1CC1.I. The summed E-state index contributed by atoms with van der Waals surface area (Å²) in [5.41, 5.74) is 11.0. The van der Waals surface area contributed by atoms with Gasteiger partial charge in [0.2, 0.25) is 0 Å². The van der Waals surface area contributed by atoms with Crippen LogP contribution in [0.4, 0.5) is 0 Å². The van der Waals surface area contributed by atoms with E-state index in [0.717, 1.165) is 24.2 Å². The number of rotatable bonds is 4. The van der Waals surface area contributed by atoms with Gasteiger partial charge in [0.25, 0.3) is 0 Å². The number of hydrogen-bond acceptors (Lipinski definition) is 2. The molecule has 0 bridgehead atoms. The van der Waals surface area contributed by atoms with Gasteiger partial charge in [-0.2, -0.15) is 5.10 Å². The van der Waals surface area contributed by atoms with Crippen molar-refractivity contribution in [2.45, 2.75) is 44.7 Å². The first-order valence-corrected chi connectivity index (χ1v) is 8.42. The fraction of sp³-hybridized carbons (Fsp3) is 0.444. The van der Waals surface area contributed by atoms with Crippen LogP contribution in [0.25, 0.3) is 5.69 Å². The minimum atomic E-state index is 0. The highest BCUT2D eigenvalue weighted by Crippen LogP contribution is 2.28. The third kappa shape index (κ3) is 3.29. The summed E-state index contributed by atoms with van der Waals surface area (Å²) >= 11 is 0. The number of benzene rings is 1. The van der Waals surface area contributed by atoms with Gasteiger partial charge in [-0.25, -0.2) is 9.67 Å². The van der Waals surface area contributed by atoms with Crippen LogP contribution in [0.1, 0.15) is 36.2 Å². The zero-order valence-electron chi connectivity index (χ0n) is 14.0. The third-order valence-corrected chi connectivity index (χ3v) is 4.86. The van der Waals surface area contributed by atoms with Gasteiger partial charge in [-0.05, 0) is 49.8 Å². The lowest BCUT2D eigenvalue weighted by molar-refractivity contribution is 0.487. The summed E-state index contributed by atoms with van der Waals surface area (Å²) in [7, 11) is 2.03. The Morgan fingerprint density at radius 1 is 1.29 bits per heavy atom. The van der Waals surface area contributed by atoms with E-state index in [-0.39, 0.29) is 24.0 Å². The number of hydrogen-bond donors (Lipinski definition) is 1. The van der Waals surface area contributed by atoms with Gasteiger partial charge >= 0.3 is 0 Å². The molecule has 6 heteroatoms. The Kier molecular flexibility index (Phi) is 5.12. The lowest BCUT2D eigenvalue weighted by Crippen LogP contribution is -2.35. The maximum Gasteiger partial charge on any atom is 0.191 e. The molecule has 2 aliphatic carbocycles. The molecule has 1 heterocycles. The van der Waals surface area contributed by atoms with Crippen molar-refractivity contribution >= 4 is 29.9 Å². The van der Waals surface area contributed by atoms with Crippen LogP contribution in [-0.4, -0.2) is 33.7 Å². The molecule has 24 heavy (non-hydrogen) atoms. The molecule has 1 saturated carbocycles. The highest BCUT2D eigenvalue weighted by Gasteiger charge is 2.28. The Morgan fingerprint density at radius 3 is 2.75 bits per heavy atom. The Bertz CT molecular complexity index is 733. The Hall–Kier alpha value is -1.57. The largest absolute Gasteiger partial charge is 0.370 e. The van der Waals surface area contributed by atoms with Crippen LogP contribution in [-0.2, 0) is 19.4 Å². The molecule has 0 saturated heterocycles. The fourth-order valence-electron chi connectivity index (χ4n) is 3.34. The van der Waals surface area contributed by atoms with E-state index in [1.807, 2.05) is 13.1 Å². The van der Waals surface area contributed by atoms with Gasteiger partial charge < -0.3 is 10.6 Å². The molecule has 0 spiro atoms.